The van der Waals surface area contributed by atoms with E-state index in [2.05, 4.69) is 0 Å². The van der Waals surface area contributed by atoms with Crippen LogP contribution in [0.5, 0.6) is 0 Å². The largest absolute Gasteiger partial charge is 0.292 e. The van der Waals surface area contributed by atoms with Crippen LogP contribution in [-0.2, 0) is 0 Å². The monoisotopic (exact) mass is 319 g/mol. The highest BCUT2D eigenvalue weighted by Crippen LogP contribution is 2.32. The van der Waals surface area contributed by atoms with Crippen molar-refractivity contribution in [2.45, 2.75) is 10.8 Å². The van der Waals surface area contributed by atoms with Crippen molar-refractivity contribution < 1.29 is 9.18 Å². The normalized spacial score (nSPS) is 11.7. The fourth-order valence-electron chi connectivity index (χ4n) is 2.04. The first-order valence-corrected chi connectivity index (χ1v) is 7.71. The van der Waals surface area contributed by atoms with Gasteiger partial charge >= 0.3 is 0 Å². The van der Waals surface area contributed by atoms with Gasteiger partial charge in [0.05, 0.1) is 6.07 Å². The molecule has 0 radical (unpaired) electrons. The van der Waals surface area contributed by atoms with Crippen molar-refractivity contribution in [2.24, 2.45) is 0 Å². The van der Waals surface area contributed by atoms with Gasteiger partial charge in [0.25, 0.3) is 0 Å². The molecule has 0 bridgehead atoms. The minimum absolute atomic E-state index is 0.0671. The molecule has 21 heavy (non-hydrogen) atoms. The van der Waals surface area contributed by atoms with E-state index in [1.165, 1.54) is 30.0 Å². The van der Waals surface area contributed by atoms with E-state index in [9.17, 15) is 14.4 Å². The quantitative estimate of drug-likeness (QED) is 0.606. The smallest absolute Gasteiger partial charge is 0.185 e. The molecule has 0 aliphatic rings. The van der Waals surface area contributed by atoms with Crippen LogP contribution in [0.4, 0.5) is 4.39 Å². The van der Waals surface area contributed by atoms with Crippen LogP contribution < -0.4 is 0 Å². The first-order valence-electron chi connectivity index (χ1n) is 6.11. The first kappa shape index (κ1) is 15.6. The number of halogens is 2. The number of hydrogen-bond acceptors (Lipinski definition) is 3. The van der Waals surface area contributed by atoms with Crippen molar-refractivity contribution >= 4 is 29.1 Å². The van der Waals surface area contributed by atoms with Crippen LogP contribution in [0.15, 0.2) is 47.4 Å². The van der Waals surface area contributed by atoms with E-state index < -0.39 is 17.5 Å². The topological polar surface area (TPSA) is 40.9 Å². The third-order valence-electron chi connectivity index (χ3n) is 3.05. The molecule has 0 fully saturated rings. The molecule has 0 aromatic heterocycles. The molecule has 2 aromatic rings. The van der Waals surface area contributed by atoms with Crippen molar-refractivity contribution in [3.05, 3.63) is 64.4 Å². The molecule has 2 rings (SSSR count). The Hall–Kier alpha value is -1.83. The van der Waals surface area contributed by atoms with Crippen LogP contribution in [-0.4, -0.2) is 12.0 Å². The zero-order chi connectivity index (χ0) is 15.4. The molecule has 5 heteroatoms. The molecule has 0 heterocycles. The average molecular weight is 320 g/mol. The predicted octanol–water partition coefficient (Wildman–Crippen LogP) is 4.69. The van der Waals surface area contributed by atoms with Crippen molar-refractivity contribution in [1.82, 2.24) is 0 Å². The maximum atomic E-state index is 14.0. The van der Waals surface area contributed by atoms with Gasteiger partial charge < -0.3 is 0 Å². The lowest BCUT2D eigenvalue weighted by molar-refractivity contribution is 0.0974. The van der Waals surface area contributed by atoms with Crippen LogP contribution in [0, 0.1) is 17.1 Å². The number of nitriles is 1. The van der Waals surface area contributed by atoms with Crippen LogP contribution in [0.3, 0.4) is 0 Å². The Labute approximate surface area is 131 Å². The molecule has 0 N–H and O–H groups in total. The van der Waals surface area contributed by atoms with Gasteiger partial charge in [0.1, 0.15) is 11.7 Å². The van der Waals surface area contributed by atoms with E-state index in [1.807, 2.05) is 12.3 Å². The maximum Gasteiger partial charge on any atom is 0.185 e. The maximum absolute atomic E-state index is 14.0. The second kappa shape index (κ2) is 6.75. The van der Waals surface area contributed by atoms with E-state index in [4.69, 9.17) is 11.6 Å². The van der Waals surface area contributed by atoms with E-state index in [1.54, 1.807) is 24.3 Å². The summed E-state index contributed by atoms with van der Waals surface area (Å²) in [6.07, 6.45) is 1.84. The van der Waals surface area contributed by atoms with Crippen LogP contribution in [0.2, 0.25) is 5.02 Å². The van der Waals surface area contributed by atoms with Gasteiger partial charge in [0.15, 0.2) is 5.78 Å². The zero-order valence-electron chi connectivity index (χ0n) is 11.1. The predicted molar refractivity (Wildman–Crippen MR) is 82.3 cm³/mol. The third kappa shape index (κ3) is 3.10. The Morgan fingerprint density at radius 2 is 2.00 bits per heavy atom. The molecule has 1 unspecified atom stereocenters. The number of thioether (sulfide) groups is 1. The minimum Gasteiger partial charge on any atom is -0.292 e. The molecule has 2 nitrogen and oxygen atoms in total. The standard InChI is InChI=1S/C16H11ClFNOS/c1-21-14-8-3-2-5-10(14)16(20)11(9-19)15-12(17)6-4-7-13(15)18/h2-8,11H,1H3. The number of Topliss-reactive ketones (excluding diaryl/α,β-unsaturated/α-hetero) is 1. The van der Waals surface area contributed by atoms with Gasteiger partial charge in [0.2, 0.25) is 0 Å². The fourth-order valence-corrected chi connectivity index (χ4v) is 2.92. The summed E-state index contributed by atoms with van der Waals surface area (Å²) in [7, 11) is 0. The Bertz CT molecular complexity index is 706. The summed E-state index contributed by atoms with van der Waals surface area (Å²) >= 11 is 7.36. The summed E-state index contributed by atoms with van der Waals surface area (Å²) in [6, 6.07) is 12.9. The van der Waals surface area contributed by atoms with Crippen molar-refractivity contribution in [3.63, 3.8) is 0 Å². The Kier molecular flexibility index (Phi) is 5.00. The van der Waals surface area contributed by atoms with E-state index in [0.717, 1.165) is 4.90 Å². The Morgan fingerprint density at radius 1 is 1.29 bits per heavy atom. The molecular weight excluding hydrogens is 309 g/mol. The van der Waals surface area contributed by atoms with E-state index in [-0.39, 0.29) is 10.6 Å². The summed E-state index contributed by atoms with van der Waals surface area (Å²) < 4.78 is 14.0. The Balaban J connectivity index is 2.52. The molecule has 106 valence electrons. The molecule has 0 amide bonds. The van der Waals surface area contributed by atoms with Crippen LogP contribution in [0.1, 0.15) is 21.8 Å². The summed E-state index contributed by atoms with van der Waals surface area (Å²) in [4.78, 5) is 13.3. The minimum atomic E-state index is -1.26. The molecule has 1 atom stereocenters. The summed E-state index contributed by atoms with van der Waals surface area (Å²) in [5, 5.41) is 9.40. The van der Waals surface area contributed by atoms with Gasteiger partial charge in [-0.1, -0.05) is 35.9 Å². The highest BCUT2D eigenvalue weighted by atomic mass is 35.5. The van der Waals surface area contributed by atoms with Gasteiger partial charge in [-0.15, -0.1) is 11.8 Å². The molecule has 0 aliphatic carbocycles. The molecule has 0 saturated heterocycles. The lowest BCUT2D eigenvalue weighted by atomic mass is 9.91. The van der Waals surface area contributed by atoms with Crippen molar-refractivity contribution in [2.75, 3.05) is 6.26 Å². The molecule has 0 saturated carbocycles. The number of carbonyl (C=O) groups is 1. The summed E-state index contributed by atoms with van der Waals surface area (Å²) in [6.45, 7) is 0. The molecule has 2 aromatic carbocycles. The summed E-state index contributed by atoms with van der Waals surface area (Å²) in [5.41, 5.74) is 0.332. The first-order chi connectivity index (χ1) is 10.1. The lowest BCUT2D eigenvalue weighted by Gasteiger charge is -2.13. The highest BCUT2D eigenvalue weighted by Gasteiger charge is 2.28. The van der Waals surface area contributed by atoms with Gasteiger partial charge in [-0.05, 0) is 24.5 Å². The van der Waals surface area contributed by atoms with Crippen LogP contribution >= 0.6 is 23.4 Å². The Morgan fingerprint density at radius 3 is 2.62 bits per heavy atom. The van der Waals surface area contributed by atoms with E-state index in [0.29, 0.717) is 5.56 Å². The fraction of sp³-hybridized carbons (Fsp3) is 0.125. The number of benzene rings is 2. The van der Waals surface area contributed by atoms with Gasteiger partial charge in [-0.2, -0.15) is 5.26 Å². The summed E-state index contributed by atoms with van der Waals surface area (Å²) in [5.74, 6) is -2.36. The number of rotatable bonds is 4. The number of nitrogens with zero attached hydrogens (tertiary/aromatic N) is 1. The van der Waals surface area contributed by atoms with Gasteiger partial charge in [0, 0.05) is 21.0 Å². The molecule has 0 spiro atoms. The van der Waals surface area contributed by atoms with Crippen molar-refractivity contribution in [1.29, 1.82) is 5.26 Å². The average Bonchev–Trinajstić information content (AvgIpc) is 2.50. The zero-order valence-corrected chi connectivity index (χ0v) is 12.7. The van der Waals surface area contributed by atoms with Gasteiger partial charge in [-0.3, -0.25) is 4.79 Å². The number of carbonyl (C=O) groups excluding carboxylic acids is 1. The third-order valence-corrected chi connectivity index (χ3v) is 4.18. The molecular formula is C16H11ClFNOS. The van der Waals surface area contributed by atoms with Crippen LogP contribution in [0.25, 0.3) is 0 Å². The van der Waals surface area contributed by atoms with Crippen molar-refractivity contribution in [3.8, 4) is 6.07 Å². The molecule has 0 aliphatic heterocycles. The number of ketones is 1. The highest BCUT2D eigenvalue weighted by molar-refractivity contribution is 7.98. The second-order valence-electron chi connectivity index (χ2n) is 4.26. The van der Waals surface area contributed by atoms with Gasteiger partial charge in [-0.25, -0.2) is 4.39 Å². The number of hydrogen-bond donors (Lipinski definition) is 0. The SMILES string of the molecule is CSc1ccccc1C(=O)C(C#N)c1c(F)cccc1Cl. The second-order valence-corrected chi connectivity index (χ2v) is 5.52. The lowest BCUT2D eigenvalue weighted by Crippen LogP contribution is -2.14. The van der Waals surface area contributed by atoms with E-state index >= 15 is 0 Å².